The smallest absolute Gasteiger partial charge is 0.273 e. The molecule has 0 spiro atoms. The van der Waals surface area contributed by atoms with Gasteiger partial charge < -0.3 is 0 Å². The molecule has 0 atom stereocenters. The van der Waals surface area contributed by atoms with Crippen molar-refractivity contribution in [3.05, 3.63) is 75.8 Å². The van der Waals surface area contributed by atoms with E-state index in [0.29, 0.717) is 15.8 Å². The molecule has 30 heavy (non-hydrogen) atoms. The number of benzene rings is 2. The number of halogens is 1. The molecule has 0 saturated heterocycles. The molecule has 0 unspecified atom stereocenters. The van der Waals surface area contributed by atoms with E-state index in [9.17, 15) is 9.59 Å². The molecule has 1 N–H and O–H groups in total. The summed E-state index contributed by atoms with van der Waals surface area (Å²) in [7, 11) is 0. The fourth-order valence-corrected chi connectivity index (χ4v) is 4.06. The van der Waals surface area contributed by atoms with Crippen molar-refractivity contribution in [2.75, 3.05) is 10.3 Å². The van der Waals surface area contributed by atoms with Gasteiger partial charge in [-0.05, 0) is 30.2 Å². The van der Waals surface area contributed by atoms with Crippen molar-refractivity contribution in [3.8, 4) is 0 Å². The Morgan fingerprint density at radius 2 is 2.00 bits per heavy atom. The quantitative estimate of drug-likeness (QED) is 0.620. The molecule has 0 fully saturated rings. The lowest BCUT2D eigenvalue weighted by atomic mass is 10.1. The van der Waals surface area contributed by atoms with E-state index < -0.39 is 0 Å². The number of rotatable bonds is 5. The second kappa shape index (κ2) is 8.77. The standard InChI is InChI=1S/C22H19ClN4O2S/c1-14-7-8-16(12-18(14)23)27-20(28)10-9-19(26-27)21(29)25-22-24-13-17(30-22)11-15-5-3-2-4-6-15/h2-8,12-13H,9-11H2,1H3,(H,24,25,29). The molecule has 0 bridgehead atoms. The molecule has 4 rings (SSSR count). The molecule has 1 aliphatic heterocycles. The van der Waals surface area contributed by atoms with Crippen LogP contribution >= 0.6 is 22.9 Å². The number of hydrazone groups is 1. The SMILES string of the molecule is Cc1ccc(N2N=C(C(=O)Nc3ncc(Cc4ccccc4)s3)CCC2=O)cc1Cl. The van der Waals surface area contributed by atoms with E-state index in [4.69, 9.17) is 11.6 Å². The molecule has 8 heteroatoms. The number of carbonyl (C=O) groups is 2. The number of carbonyl (C=O) groups excluding carboxylic acids is 2. The molecule has 0 saturated carbocycles. The van der Waals surface area contributed by atoms with Crippen molar-refractivity contribution in [1.29, 1.82) is 0 Å². The summed E-state index contributed by atoms with van der Waals surface area (Å²) in [5, 5.41) is 9.37. The van der Waals surface area contributed by atoms with E-state index in [0.717, 1.165) is 16.9 Å². The monoisotopic (exact) mass is 438 g/mol. The van der Waals surface area contributed by atoms with Crippen LogP contribution in [0.5, 0.6) is 0 Å². The van der Waals surface area contributed by atoms with Crippen molar-refractivity contribution in [1.82, 2.24) is 4.98 Å². The van der Waals surface area contributed by atoms with Gasteiger partial charge in [-0.15, -0.1) is 11.3 Å². The molecule has 152 valence electrons. The number of anilines is 2. The lowest BCUT2D eigenvalue weighted by molar-refractivity contribution is -0.118. The Bertz CT molecular complexity index is 1130. The van der Waals surface area contributed by atoms with E-state index in [1.807, 2.05) is 31.2 Å². The van der Waals surface area contributed by atoms with E-state index in [-0.39, 0.29) is 30.4 Å². The average Bonchev–Trinajstić information content (AvgIpc) is 3.18. The average molecular weight is 439 g/mol. The molecule has 2 aromatic carbocycles. The highest BCUT2D eigenvalue weighted by molar-refractivity contribution is 7.15. The normalized spacial score (nSPS) is 13.9. The first kappa shape index (κ1) is 20.3. The van der Waals surface area contributed by atoms with Crippen LogP contribution in [0.25, 0.3) is 0 Å². The highest BCUT2D eigenvalue weighted by Crippen LogP contribution is 2.26. The van der Waals surface area contributed by atoms with Gasteiger partial charge in [0.05, 0.1) is 5.69 Å². The topological polar surface area (TPSA) is 74.7 Å². The number of aryl methyl sites for hydroxylation is 1. The lowest BCUT2D eigenvalue weighted by Crippen LogP contribution is -2.36. The van der Waals surface area contributed by atoms with Crippen LogP contribution in [-0.2, 0) is 16.0 Å². The number of hydrogen-bond acceptors (Lipinski definition) is 5. The molecule has 6 nitrogen and oxygen atoms in total. The van der Waals surface area contributed by atoms with Crippen molar-refractivity contribution in [3.63, 3.8) is 0 Å². The largest absolute Gasteiger partial charge is 0.297 e. The van der Waals surface area contributed by atoms with Crippen LogP contribution in [0.3, 0.4) is 0 Å². The Hall–Kier alpha value is -3.03. The maximum absolute atomic E-state index is 12.7. The van der Waals surface area contributed by atoms with Gasteiger partial charge in [-0.25, -0.2) is 9.99 Å². The van der Waals surface area contributed by atoms with E-state index in [2.05, 4.69) is 27.5 Å². The van der Waals surface area contributed by atoms with Gasteiger partial charge in [0.25, 0.3) is 5.91 Å². The van der Waals surface area contributed by atoms with Gasteiger partial charge in [-0.2, -0.15) is 5.10 Å². The van der Waals surface area contributed by atoms with Crippen molar-refractivity contribution < 1.29 is 9.59 Å². The summed E-state index contributed by atoms with van der Waals surface area (Å²) < 4.78 is 0. The van der Waals surface area contributed by atoms with E-state index in [1.54, 1.807) is 18.3 Å². The summed E-state index contributed by atoms with van der Waals surface area (Å²) in [4.78, 5) is 30.4. The minimum absolute atomic E-state index is 0.175. The second-order valence-corrected chi connectivity index (χ2v) is 8.46. The molecule has 2 heterocycles. The fourth-order valence-electron chi connectivity index (χ4n) is 3.05. The zero-order chi connectivity index (χ0) is 21.1. The Morgan fingerprint density at radius 3 is 2.77 bits per heavy atom. The summed E-state index contributed by atoms with van der Waals surface area (Å²) in [5.41, 5.74) is 2.91. The number of nitrogens with one attached hydrogen (secondary N) is 1. The Morgan fingerprint density at radius 1 is 1.20 bits per heavy atom. The number of nitrogens with zero attached hydrogens (tertiary/aromatic N) is 3. The first-order valence-electron chi connectivity index (χ1n) is 9.46. The van der Waals surface area contributed by atoms with Crippen LogP contribution in [-0.4, -0.2) is 22.5 Å². The predicted octanol–water partition coefficient (Wildman–Crippen LogP) is 4.82. The Labute approximate surface area is 183 Å². The number of thiazole rings is 1. The van der Waals surface area contributed by atoms with E-state index in [1.165, 1.54) is 21.9 Å². The first-order chi connectivity index (χ1) is 14.5. The van der Waals surface area contributed by atoms with Gasteiger partial charge in [-0.3, -0.25) is 14.9 Å². The van der Waals surface area contributed by atoms with Crippen LogP contribution in [0.4, 0.5) is 10.8 Å². The third-order valence-electron chi connectivity index (χ3n) is 4.69. The maximum Gasteiger partial charge on any atom is 0.273 e. The second-order valence-electron chi connectivity index (χ2n) is 6.93. The molecule has 0 radical (unpaired) electrons. The van der Waals surface area contributed by atoms with Crippen LogP contribution in [0.1, 0.15) is 28.8 Å². The lowest BCUT2D eigenvalue weighted by Gasteiger charge is -2.23. The number of hydrogen-bond donors (Lipinski definition) is 1. The van der Waals surface area contributed by atoms with E-state index >= 15 is 0 Å². The Kier molecular flexibility index (Phi) is 5.92. The summed E-state index contributed by atoms with van der Waals surface area (Å²) >= 11 is 7.60. The maximum atomic E-state index is 12.7. The van der Waals surface area contributed by atoms with Crippen molar-refractivity contribution in [2.45, 2.75) is 26.2 Å². The summed E-state index contributed by atoms with van der Waals surface area (Å²) in [6, 6.07) is 15.3. The minimum atomic E-state index is -0.355. The van der Waals surface area contributed by atoms with Crippen molar-refractivity contribution in [2.24, 2.45) is 5.10 Å². The van der Waals surface area contributed by atoms with Crippen LogP contribution in [0.2, 0.25) is 5.02 Å². The molecular formula is C22H19ClN4O2S. The molecular weight excluding hydrogens is 420 g/mol. The van der Waals surface area contributed by atoms with Gasteiger partial charge >= 0.3 is 0 Å². The van der Waals surface area contributed by atoms with Gasteiger partial charge in [-0.1, -0.05) is 48.0 Å². The third kappa shape index (κ3) is 4.58. The number of aromatic nitrogens is 1. The van der Waals surface area contributed by atoms with Gasteiger partial charge in [0.2, 0.25) is 5.91 Å². The summed E-state index contributed by atoms with van der Waals surface area (Å²) in [6.07, 6.45) is 3.00. The highest BCUT2D eigenvalue weighted by atomic mass is 35.5. The minimum Gasteiger partial charge on any atom is -0.297 e. The first-order valence-corrected chi connectivity index (χ1v) is 10.7. The summed E-state index contributed by atoms with van der Waals surface area (Å²) in [5.74, 6) is -0.530. The molecule has 1 aromatic heterocycles. The van der Waals surface area contributed by atoms with Crippen LogP contribution in [0.15, 0.2) is 59.8 Å². The highest BCUT2D eigenvalue weighted by Gasteiger charge is 2.26. The molecule has 3 aromatic rings. The Balaban J connectivity index is 1.47. The summed E-state index contributed by atoms with van der Waals surface area (Å²) in [6.45, 7) is 1.88. The molecule has 2 amide bonds. The fraction of sp³-hybridized carbons (Fsp3) is 0.182. The van der Waals surface area contributed by atoms with Crippen LogP contribution < -0.4 is 10.3 Å². The molecule has 1 aliphatic rings. The van der Waals surface area contributed by atoms with Gasteiger partial charge in [0.15, 0.2) is 5.13 Å². The van der Waals surface area contributed by atoms with Crippen molar-refractivity contribution >= 4 is 51.3 Å². The third-order valence-corrected chi connectivity index (χ3v) is 6.01. The predicted molar refractivity (Wildman–Crippen MR) is 120 cm³/mol. The molecule has 0 aliphatic carbocycles. The van der Waals surface area contributed by atoms with Gasteiger partial charge in [0.1, 0.15) is 5.71 Å². The van der Waals surface area contributed by atoms with Crippen LogP contribution in [0, 0.1) is 6.92 Å². The number of amides is 2. The van der Waals surface area contributed by atoms with Gasteiger partial charge in [0, 0.05) is 35.4 Å². The zero-order valence-electron chi connectivity index (χ0n) is 16.3. The zero-order valence-corrected chi connectivity index (χ0v) is 17.8.